The zero-order chi connectivity index (χ0) is 14.1. The topological polar surface area (TPSA) is 55.6 Å². The third-order valence-corrected chi connectivity index (χ3v) is 4.39. The predicted octanol–water partition coefficient (Wildman–Crippen LogP) is 1.51. The van der Waals surface area contributed by atoms with Gasteiger partial charge in [0.1, 0.15) is 5.75 Å². The summed E-state index contributed by atoms with van der Waals surface area (Å²) < 4.78 is 5.76. The summed E-state index contributed by atoms with van der Waals surface area (Å²) in [4.78, 5) is 14.9. The van der Waals surface area contributed by atoms with Crippen LogP contribution in [-0.4, -0.2) is 35.0 Å². The molecule has 1 aromatic rings. The number of hydrogen-bond donors (Lipinski definition) is 1. The second kappa shape index (κ2) is 5.40. The van der Waals surface area contributed by atoms with Gasteiger partial charge in [0.15, 0.2) is 6.10 Å². The van der Waals surface area contributed by atoms with Crippen LogP contribution in [0, 0.1) is 5.92 Å². The van der Waals surface area contributed by atoms with Gasteiger partial charge < -0.3 is 15.4 Å². The molecule has 0 spiro atoms. The van der Waals surface area contributed by atoms with Crippen LogP contribution in [0.3, 0.4) is 0 Å². The van der Waals surface area contributed by atoms with E-state index in [-0.39, 0.29) is 11.8 Å². The summed E-state index contributed by atoms with van der Waals surface area (Å²) in [6.07, 6.45) is 2.19. The molecule has 2 N–H and O–H groups in total. The normalized spacial score (nSPS) is 24.9. The van der Waals surface area contributed by atoms with Crippen molar-refractivity contribution in [3.8, 4) is 5.75 Å². The highest BCUT2D eigenvalue weighted by atomic mass is 32.1. The smallest absolute Gasteiger partial charge is 0.264 e. The maximum Gasteiger partial charge on any atom is 0.264 e. The van der Waals surface area contributed by atoms with E-state index in [2.05, 4.69) is 0 Å². The van der Waals surface area contributed by atoms with Gasteiger partial charge in [0, 0.05) is 25.4 Å². The molecule has 2 heterocycles. The number of carbonyl (C=O) groups excluding carboxylic acids is 1. The average molecular weight is 290 g/mol. The molecule has 0 saturated carbocycles. The summed E-state index contributed by atoms with van der Waals surface area (Å²) in [5, 5.41) is 0. The van der Waals surface area contributed by atoms with Crippen LogP contribution in [0.2, 0.25) is 0 Å². The highest BCUT2D eigenvalue weighted by Gasteiger charge is 2.34. The van der Waals surface area contributed by atoms with Crippen LogP contribution < -0.4 is 10.5 Å². The van der Waals surface area contributed by atoms with E-state index < -0.39 is 6.10 Å². The van der Waals surface area contributed by atoms with E-state index in [0.717, 1.165) is 30.7 Å². The molecule has 0 radical (unpaired) electrons. The lowest BCUT2D eigenvalue weighted by molar-refractivity contribution is -0.139. The fraction of sp³-hybridized carbons (Fsp3) is 0.467. The van der Waals surface area contributed by atoms with Gasteiger partial charge in [-0.1, -0.05) is 30.4 Å². The number of likely N-dealkylation sites (tertiary alicyclic amines) is 1. The van der Waals surface area contributed by atoms with Gasteiger partial charge in [-0.2, -0.15) is 0 Å². The average Bonchev–Trinajstić information content (AvgIpc) is 2.90. The summed E-state index contributed by atoms with van der Waals surface area (Å²) in [6.45, 7) is 1.40. The van der Waals surface area contributed by atoms with Crippen molar-refractivity contribution in [1.29, 1.82) is 0 Å². The van der Waals surface area contributed by atoms with Crippen molar-refractivity contribution in [3.63, 3.8) is 0 Å². The number of fused-ring (bicyclic) bond motifs is 1. The van der Waals surface area contributed by atoms with Crippen molar-refractivity contribution < 1.29 is 9.53 Å². The molecule has 106 valence electrons. The molecule has 2 unspecified atom stereocenters. The summed E-state index contributed by atoms with van der Waals surface area (Å²) in [6, 6.07) is 7.82. The van der Waals surface area contributed by atoms with E-state index in [9.17, 15) is 4.79 Å². The summed E-state index contributed by atoms with van der Waals surface area (Å²) in [5.74, 6) is 1.03. The molecule has 0 bridgehead atoms. The first kappa shape index (κ1) is 13.4. The van der Waals surface area contributed by atoms with Crippen molar-refractivity contribution in [2.24, 2.45) is 11.7 Å². The van der Waals surface area contributed by atoms with Gasteiger partial charge in [-0.15, -0.1) is 0 Å². The molecule has 2 atom stereocenters. The molecular formula is C15H18N2O2S. The number of nitrogens with two attached hydrogens (primary N) is 1. The molecule has 1 fully saturated rings. The molecule has 1 saturated heterocycles. The van der Waals surface area contributed by atoms with E-state index in [1.165, 1.54) is 0 Å². The highest BCUT2D eigenvalue weighted by Crippen LogP contribution is 2.29. The second-order valence-corrected chi connectivity index (χ2v) is 5.92. The van der Waals surface area contributed by atoms with E-state index in [1.54, 1.807) is 0 Å². The lowest BCUT2D eigenvalue weighted by Gasteiger charge is -2.33. The Kier molecular flexibility index (Phi) is 3.61. The van der Waals surface area contributed by atoms with Crippen LogP contribution >= 0.6 is 12.2 Å². The molecule has 1 aromatic carbocycles. The predicted molar refractivity (Wildman–Crippen MR) is 80.7 cm³/mol. The van der Waals surface area contributed by atoms with Crippen LogP contribution in [0.5, 0.6) is 5.75 Å². The number of benzene rings is 1. The monoisotopic (exact) mass is 290 g/mol. The SMILES string of the molecule is NC(=S)C1CCCN(C(=O)C2Cc3ccccc3O2)C1. The first-order valence-electron chi connectivity index (χ1n) is 6.98. The fourth-order valence-corrected chi connectivity index (χ4v) is 3.13. The number of hydrogen-bond acceptors (Lipinski definition) is 3. The van der Waals surface area contributed by atoms with Crippen molar-refractivity contribution >= 4 is 23.1 Å². The van der Waals surface area contributed by atoms with Gasteiger partial charge in [0.25, 0.3) is 5.91 Å². The Morgan fingerprint density at radius 2 is 2.20 bits per heavy atom. The molecule has 1 amide bonds. The number of piperidine rings is 1. The first-order valence-corrected chi connectivity index (χ1v) is 7.38. The number of nitrogens with zero attached hydrogens (tertiary/aromatic N) is 1. The Bertz CT molecular complexity index is 521. The Hall–Kier alpha value is -1.62. The van der Waals surface area contributed by atoms with Gasteiger partial charge in [-0.05, 0) is 24.5 Å². The number of rotatable bonds is 2. The number of carbonyl (C=O) groups is 1. The van der Waals surface area contributed by atoms with Crippen molar-refractivity contribution in [1.82, 2.24) is 4.90 Å². The summed E-state index contributed by atoms with van der Waals surface area (Å²) in [7, 11) is 0. The maximum atomic E-state index is 12.6. The molecule has 0 aromatic heterocycles. The quantitative estimate of drug-likeness (QED) is 0.839. The van der Waals surface area contributed by atoms with Crippen molar-refractivity contribution in [3.05, 3.63) is 29.8 Å². The third kappa shape index (κ3) is 2.50. The number of para-hydroxylation sites is 1. The molecule has 3 rings (SSSR count). The zero-order valence-corrected chi connectivity index (χ0v) is 12.1. The van der Waals surface area contributed by atoms with E-state index in [0.29, 0.717) is 18.0 Å². The third-order valence-electron chi connectivity index (χ3n) is 4.06. The Morgan fingerprint density at radius 1 is 1.40 bits per heavy atom. The minimum Gasteiger partial charge on any atom is -0.480 e. The number of amides is 1. The van der Waals surface area contributed by atoms with E-state index in [1.807, 2.05) is 29.2 Å². The lowest BCUT2D eigenvalue weighted by atomic mass is 9.97. The fourth-order valence-electron chi connectivity index (χ4n) is 2.93. The Morgan fingerprint density at radius 3 is 2.95 bits per heavy atom. The first-order chi connectivity index (χ1) is 9.65. The lowest BCUT2D eigenvalue weighted by Crippen LogP contribution is -2.48. The molecule has 5 heteroatoms. The van der Waals surface area contributed by atoms with E-state index in [4.69, 9.17) is 22.7 Å². The molecular weight excluding hydrogens is 272 g/mol. The van der Waals surface area contributed by atoms with Crippen LogP contribution in [0.4, 0.5) is 0 Å². The minimum absolute atomic E-state index is 0.0575. The van der Waals surface area contributed by atoms with E-state index >= 15 is 0 Å². The molecule has 2 aliphatic rings. The minimum atomic E-state index is -0.391. The van der Waals surface area contributed by atoms with Gasteiger partial charge in [-0.25, -0.2) is 0 Å². The van der Waals surface area contributed by atoms with Crippen LogP contribution in [0.25, 0.3) is 0 Å². The van der Waals surface area contributed by atoms with Gasteiger partial charge in [0.2, 0.25) is 0 Å². The zero-order valence-electron chi connectivity index (χ0n) is 11.2. The van der Waals surface area contributed by atoms with Crippen molar-refractivity contribution in [2.45, 2.75) is 25.4 Å². The molecule has 2 aliphatic heterocycles. The Balaban J connectivity index is 1.67. The maximum absolute atomic E-state index is 12.6. The summed E-state index contributed by atoms with van der Waals surface area (Å²) >= 11 is 5.06. The molecule has 4 nitrogen and oxygen atoms in total. The van der Waals surface area contributed by atoms with Crippen molar-refractivity contribution in [2.75, 3.05) is 13.1 Å². The van der Waals surface area contributed by atoms with Gasteiger partial charge >= 0.3 is 0 Å². The largest absolute Gasteiger partial charge is 0.480 e. The molecule has 0 aliphatic carbocycles. The second-order valence-electron chi connectivity index (χ2n) is 5.44. The summed E-state index contributed by atoms with van der Waals surface area (Å²) in [5.41, 5.74) is 6.82. The van der Waals surface area contributed by atoms with Crippen LogP contribution in [-0.2, 0) is 11.2 Å². The van der Waals surface area contributed by atoms with Gasteiger partial charge in [0.05, 0.1) is 4.99 Å². The van der Waals surface area contributed by atoms with Crippen LogP contribution in [0.15, 0.2) is 24.3 Å². The number of thiocarbonyl (C=S) groups is 1. The standard InChI is InChI=1S/C15H18N2O2S/c16-14(20)11-5-3-7-17(9-11)15(18)13-8-10-4-1-2-6-12(10)19-13/h1-2,4,6,11,13H,3,5,7-9H2,(H2,16,20). The number of ether oxygens (including phenoxy) is 1. The Labute approximate surface area is 123 Å². The van der Waals surface area contributed by atoms with Gasteiger partial charge in [-0.3, -0.25) is 4.79 Å². The molecule has 20 heavy (non-hydrogen) atoms. The van der Waals surface area contributed by atoms with Crippen LogP contribution in [0.1, 0.15) is 18.4 Å². The highest BCUT2D eigenvalue weighted by molar-refractivity contribution is 7.80.